The Morgan fingerprint density at radius 3 is 2.27 bits per heavy atom. The molecule has 0 unspecified atom stereocenters. The molecule has 0 bridgehead atoms. The van der Waals surface area contributed by atoms with E-state index in [1.54, 1.807) is 0 Å². The molecule has 1 nitrogen and oxygen atoms in total. The molecule has 0 fully saturated rings. The zero-order chi connectivity index (χ0) is 11.3. The molecule has 1 aromatic rings. The fraction of sp³-hybridized carbons (Fsp3) is 0.500. The summed E-state index contributed by atoms with van der Waals surface area (Å²) in [5.41, 5.74) is 0. The molecular formula is C12H19ClOSi. The van der Waals surface area contributed by atoms with Crippen LogP contribution in [0.15, 0.2) is 24.3 Å². The molecule has 0 radical (unpaired) electrons. The van der Waals surface area contributed by atoms with Gasteiger partial charge in [0.05, 0.1) is 6.61 Å². The third-order valence-electron chi connectivity index (χ3n) is 2.15. The smallest absolute Gasteiger partial charge is 0.119 e. The number of halogens is 1. The van der Waals surface area contributed by atoms with E-state index in [4.69, 9.17) is 16.3 Å². The highest BCUT2D eigenvalue weighted by Crippen LogP contribution is 2.16. The van der Waals surface area contributed by atoms with Crippen LogP contribution in [0.1, 0.15) is 6.42 Å². The minimum absolute atomic E-state index is 0.754. The lowest BCUT2D eigenvalue weighted by Gasteiger charge is -2.15. The molecule has 15 heavy (non-hydrogen) atoms. The van der Waals surface area contributed by atoms with E-state index in [0.717, 1.165) is 23.8 Å². The molecule has 84 valence electrons. The van der Waals surface area contributed by atoms with Crippen molar-refractivity contribution in [3.8, 4) is 5.75 Å². The Morgan fingerprint density at radius 2 is 1.73 bits per heavy atom. The van der Waals surface area contributed by atoms with E-state index in [9.17, 15) is 0 Å². The average molecular weight is 243 g/mol. The van der Waals surface area contributed by atoms with Crippen molar-refractivity contribution >= 4 is 19.7 Å². The largest absolute Gasteiger partial charge is 0.494 e. The Hall–Kier alpha value is -0.473. The first kappa shape index (κ1) is 12.6. The second-order valence-electron chi connectivity index (χ2n) is 4.97. The first-order chi connectivity index (χ1) is 6.97. The molecule has 0 aromatic heterocycles. The lowest BCUT2D eigenvalue weighted by Crippen LogP contribution is -2.19. The van der Waals surface area contributed by atoms with E-state index in [1.165, 1.54) is 6.04 Å². The third-order valence-corrected chi connectivity index (χ3v) is 4.26. The first-order valence-corrected chi connectivity index (χ1v) is 9.44. The van der Waals surface area contributed by atoms with Gasteiger partial charge in [-0.1, -0.05) is 37.3 Å². The van der Waals surface area contributed by atoms with Crippen molar-refractivity contribution in [3.63, 3.8) is 0 Å². The zero-order valence-corrected chi connectivity index (χ0v) is 11.5. The lowest BCUT2D eigenvalue weighted by molar-refractivity contribution is 0.317. The fourth-order valence-corrected chi connectivity index (χ4v) is 2.65. The Labute approximate surface area is 98.4 Å². The Bertz CT molecular complexity index is 289. The molecule has 0 spiro atoms. The van der Waals surface area contributed by atoms with Crippen LogP contribution in [0.5, 0.6) is 5.75 Å². The maximum atomic E-state index is 5.78. The van der Waals surface area contributed by atoms with Crippen LogP contribution in [0.25, 0.3) is 0 Å². The van der Waals surface area contributed by atoms with Crippen molar-refractivity contribution in [2.24, 2.45) is 0 Å². The Morgan fingerprint density at radius 1 is 1.13 bits per heavy atom. The summed E-state index contributed by atoms with van der Waals surface area (Å²) < 4.78 is 5.62. The van der Waals surface area contributed by atoms with Gasteiger partial charge in [-0.05, 0) is 30.7 Å². The molecule has 0 aliphatic carbocycles. The average Bonchev–Trinajstić information content (AvgIpc) is 2.14. The summed E-state index contributed by atoms with van der Waals surface area (Å²) in [7, 11) is -0.905. The lowest BCUT2D eigenvalue weighted by atomic mass is 10.3. The van der Waals surface area contributed by atoms with Gasteiger partial charge in [-0.2, -0.15) is 0 Å². The van der Waals surface area contributed by atoms with Gasteiger partial charge in [0.2, 0.25) is 0 Å². The summed E-state index contributed by atoms with van der Waals surface area (Å²) in [4.78, 5) is 0. The van der Waals surface area contributed by atoms with Gasteiger partial charge in [-0.15, -0.1) is 0 Å². The van der Waals surface area contributed by atoms with Crippen LogP contribution in [0.2, 0.25) is 30.7 Å². The van der Waals surface area contributed by atoms with Gasteiger partial charge < -0.3 is 4.74 Å². The van der Waals surface area contributed by atoms with Crippen LogP contribution < -0.4 is 4.74 Å². The molecule has 0 atom stereocenters. The first-order valence-electron chi connectivity index (χ1n) is 5.36. The molecular weight excluding hydrogens is 224 g/mol. The molecule has 1 aromatic carbocycles. The van der Waals surface area contributed by atoms with Gasteiger partial charge in [-0.3, -0.25) is 0 Å². The molecule has 0 aliphatic heterocycles. The van der Waals surface area contributed by atoms with Crippen molar-refractivity contribution in [2.45, 2.75) is 32.1 Å². The maximum absolute atomic E-state index is 5.78. The number of benzene rings is 1. The van der Waals surface area contributed by atoms with E-state index in [0.29, 0.717) is 0 Å². The van der Waals surface area contributed by atoms with Crippen LogP contribution in [-0.4, -0.2) is 14.7 Å². The number of ether oxygens (including phenoxy) is 1. The van der Waals surface area contributed by atoms with Crippen LogP contribution in [-0.2, 0) is 0 Å². The van der Waals surface area contributed by atoms with Crippen molar-refractivity contribution in [1.82, 2.24) is 0 Å². The summed E-state index contributed by atoms with van der Waals surface area (Å²) >= 11 is 5.78. The van der Waals surface area contributed by atoms with Gasteiger partial charge >= 0.3 is 0 Å². The minimum atomic E-state index is -0.905. The summed E-state index contributed by atoms with van der Waals surface area (Å²) in [6.07, 6.45) is 1.15. The fourth-order valence-electron chi connectivity index (χ4n) is 1.32. The van der Waals surface area contributed by atoms with Crippen LogP contribution >= 0.6 is 11.6 Å². The summed E-state index contributed by atoms with van der Waals surface area (Å²) in [6.45, 7) is 7.96. The van der Waals surface area contributed by atoms with Gasteiger partial charge in [-0.25, -0.2) is 0 Å². The summed E-state index contributed by atoms with van der Waals surface area (Å²) in [5.74, 6) is 0.912. The normalized spacial score (nSPS) is 11.5. The molecule has 0 saturated heterocycles. The molecule has 3 heteroatoms. The Balaban J connectivity index is 2.23. The summed E-state index contributed by atoms with van der Waals surface area (Å²) in [5, 5.41) is 0.754. The Kier molecular flexibility index (Phi) is 4.67. The highest BCUT2D eigenvalue weighted by Gasteiger charge is 2.11. The molecule has 0 saturated carbocycles. The minimum Gasteiger partial charge on any atom is -0.494 e. The van der Waals surface area contributed by atoms with Gasteiger partial charge in [0.1, 0.15) is 5.75 Å². The maximum Gasteiger partial charge on any atom is 0.119 e. The molecule has 0 amide bonds. The standard InChI is InChI=1S/C12H19ClOSi/c1-15(2,3)10-4-9-14-12-7-5-11(13)6-8-12/h5-8H,4,9-10H2,1-3H3. The summed E-state index contributed by atoms with van der Waals surface area (Å²) in [6, 6.07) is 8.86. The molecule has 0 aliphatic rings. The SMILES string of the molecule is C[Si](C)(C)CCCOc1ccc(Cl)cc1. The predicted octanol–water partition coefficient (Wildman–Crippen LogP) is 4.45. The van der Waals surface area contributed by atoms with E-state index in [1.807, 2.05) is 24.3 Å². The van der Waals surface area contributed by atoms with Crippen LogP contribution in [0, 0.1) is 0 Å². The number of hydrogen-bond donors (Lipinski definition) is 0. The number of rotatable bonds is 5. The van der Waals surface area contributed by atoms with Crippen molar-refractivity contribution in [1.29, 1.82) is 0 Å². The van der Waals surface area contributed by atoms with Crippen LogP contribution in [0.4, 0.5) is 0 Å². The third kappa shape index (κ3) is 5.85. The van der Waals surface area contributed by atoms with Crippen molar-refractivity contribution < 1.29 is 4.74 Å². The second-order valence-corrected chi connectivity index (χ2v) is 11.0. The monoisotopic (exact) mass is 242 g/mol. The van der Waals surface area contributed by atoms with Gasteiger partial charge in [0, 0.05) is 13.1 Å². The quantitative estimate of drug-likeness (QED) is 0.548. The zero-order valence-electron chi connectivity index (χ0n) is 9.72. The van der Waals surface area contributed by atoms with Gasteiger partial charge in [0.25, 0.3) is 0 Å². The van der Waals surface area contributed by atoms with E-state index >= 15 is 0 Å². The van der Waals surface area contributed by atoms with E-state index < -0.39 is 8.07 Å². The van der Waals surface area contributed by atoms with Crippen LogP contribution in [0.3, 0.4) is 0 Å². The molecule has 1 rings (SSSR count). The second kappa shape index (κ2) is 5.57. The highest BCUT2D eigenvalue weighted by atomic mass is 35.5. The van der Waals surface area contributed by atoms with Crippen molar-refractivity contribution in [2.75, 3.05) is 6.61 Å². The molecule has 0 N–H and O–H groups in total. The highest BCUT2D eigenvalue weighted by molar-refractivity contribution is 6.76. The van der Waals surface area contributed by atoms with Gasteiger partial charge in [0.15, 0.2) is 0 Å². The molecule has 0 heterocycles. The van der Waals surface area contributed by atoms with Crippen molar-refractivity contribution in [3.05, 3.63) is 29.3 Å². The topological polar surface area (TPSA) is 9.23 Å². The van der Waals surface area contributed by atoms with E-state index in [2.05, 4.69) is 19.6 Å². The number of hydrogen-bond acceptors (Lipinski definition) is 1. The predicted molar refractivity (Wildman–Crippen MR) is 69.7 cm³/mol. The van der Waals surface area contributed by atoms with E-state index in [-0.39, 0.29) is 0 Å².